The van der Waals surface area contributed by atoms with Gasteiger partial charge in [-0.3, -0.25) is 4.79 Å². The van der Waals surface area contributed by atoms with Gasteiger partial charge in [-0.2, -0.15) is 0 Å². The van der Waals surface area contributed by atoms with E-state index in [1.165, 1.54) is 18.2 Å². The lowest BCUT2D eigenvalue weighted by Gasteiger charge is -2.11. The van der Waals surface area contributed by atoms with Crippen LogP contribution >= 0.6 is 0 Å². The van der Waals surface area contributed by atoms with Gasteiger partial charge in [0.15, 0.2) is 6.10 Å². The molecule has 0 bridgehead atoms. The zero-order chi connectivity index (χ0) is 13.7. The van der Waals surface area contributed by atoms with Crippen molar-refractivity contribution >= 4 is 11.9 Å². The molecule has 0 amide bonds. The Bertz CT molecular complexity index is 454. The minimum Gasteiger partial charge on any atom is -0.481 e. The minimum absolute atomic E-state index is 0.125. The summed E-state index contributed by atoms with van der Waals surface area (Å²) in [5.74, 6) is -2.36. The van der Waals surface area contributed by atoms with Crippen molar-refractivity contribution in [3.05, 3.63) is 34.9 Å². The van der Waals surface area contributed by atoms with Crippen LogP contribution in [-0.4, -0.2) is 32.4 Å². The summed E-state index contributed by atoms with van der Waals surface area (Å²) in [5, 5.41) is 35.8. The van der Waals surface area contributed by atoms with Crippen molar-refractivity contribution in [3.63, 3.8) is 0 Å². The molecule has 6 nitrogen and oxygen atoms in total. The lowest BCUT2D eigenvalue weighted by molar-refractivity contribution is -0.147. The van der Waals surface area contributed by atoms with E-state index in [2.05, 4.69) is 0 Å². The van der Waals surface area contributed by atoms with Crippen molar-refractivity contribution in [1.29, 1.82) is 0 Å². The monoisotopic (exact) mass is 254 g/mol. The molecule has 1 rings (SSSR count). The number of hydrogen-bond donors (Lipinski definition) is 4. The number of aliphatic hydroxyl groups excluding tert-OH is 2. The molecule has 6 heteroatoms. The molecule has 0 saturated heterocycles. The molecule has 98 valence electrons. The molecular formula is C12H14O6. The van der Waals surface area contributed by atoms with Gasteiger partial charge in [0.05, 0.1) is 6.61 Å². The maximum absolute atomic E-state index is 10.6. The van der Waals surface area contributed by atoms with Crippen LogP contribution in [0.25, 0.3) is 0 Å². The summed E-state index contributed by atoms with van der Waals surface area (Å²) in [6.07, 6.45) is -1.60. The van der Waals surface area contributed by atoms with Gasteiger partial charge in [-0.1, -0.05) is 18.2 Å². The second-order valence-electron chi connectivity index (χ2n) is 3.82. The Morgan fingerprint density at radius 1 is 1.17 bits per heavy atom. The molecule has 0 aliphatic heterocycles. The summed E-state index contributed by atoms with van der Waals surface area (Å²) in [4.78, 5) is 21.1. The molecule has 0 aromatic heterocycles. The average Bonchev–Trinajstić information content (AvgIpc) is 2.34. The average molecular weight is 254 g/mol. The van der Waals surface area contributed by atoms with E-state index in [1.807, 2.05) is 0 Å². The quantitative estimate of drug-likeness (QED) is 0.581. The lowest BCUT2D eigenvalue weighted by Crippen LogP contribution is -2.11. The van der Waals surface area contributed by atoms with Crippen LogP contribution in [0, 0.1) is 0 Å². The van der Waals surface area contributed by atoms with Crippen molar-refractivity contribution < 1.29 is 30.0 Å². The van der Waals surface area contributed by atoms with Gasteiger partial charge >= 0.3 is 11.9 Å². The van der Waals surface area contributed by atoms with Crippen LogP contribution in [0.3, 0.4) is 0 Å². The Hall–Kier alpha value is -1.92. The fourth-order valence-electron chi connectivity index (χ4n) is 1.59. The molecule has 0 spiro atoms. The SMILES string of the molecule is O=C(O)CCc1cc(C(O)C(=O)O)ccc1CO. The van der Waals surface area contributed by atoms with Crippen molar-refractivity contribution in [2.45, 2.75) is 25.6 Å². The highest BCUT2D eigenvalue weighted by Gasteiger charge is 2.17. The Morgan fingerprint density at radius 3 is 2.33 bits per heavy atom. The van der Waals surface area contributed by atoms with Crippen molar-refractivity contribution in [2.24, 2.45) is 0 Å². The van der Waals surface area contributed by atoms with Crippen LogP contribution in [0.4, 0.5) is 0 Å². The fourth-order valence-corrected chi connectivity index (χ4v) is 1.59. The second kappa shape index (κ2) is 6.13. The summed E-state index contributed by atoms with van der Waals surface area (Å²) < 4.78 is 0. The number of aliphatic hydroxyl groups is 2. The Balaban J connectivity index is 3.01. The standard InChI is InChI=1S/C12H14O6/c13-6-9-2-1-8(11(16)12(17)18)5-7(9)3-4-10(14)15/h1-2,5,11,13,16H,3-4,6H2,(H,14,15)(H,17,18). The van der Waals surface area contributed by atoms with Gasteiger partial charge in [0.2, 0.25) is 0 Å². The molecule has 18 heavy (non-hydrogen) atoms. The van der Waals surface area contributed by atoms with Crippen molar-refractivity contribution in [3.8, 4) is 0 Å². The van der Waals surface area contributed by atoms with Crippen molar-refractivity contribution in [1.82, 2.24) is 0 Å². The van der Waals surface area contributed by atoms with Crippen LogP contribution in [0.15, 0.2) is 18.2 Å². The molecule has 1 unspecified atom stereocenters. The zero-order valence-corrected chi connectivity index (χ0v) is 9.54. The van der Waals surface area contributed by atoms with Crippen LogP contribution < -0.4 is 0 Å². The molecule has 0 radical (unpaired) electrons. The van der Waals surface area contributed by atoms with Gasteiger partial charge in [0.25, 0.3) is 0 Å². The van der Waals surface area contributed by atoms with Gasteiger partial charge in [-0.25, -0.2) is 4.79 Å². The number of hydrogen-bond acceptors (Lipinski definition) is 4. The van der Waals surface area contributed by atoms with Crippen LogP contribution in [0.2, 0.25) is 0 Å². The van der Waals surface area contributed by atoms with E-state index < -0.39 is 18.0 Å². The molecule has 0 aliphatic carbocycles. The molecule has 0 aliphatic rings. The third-order valence-corrected chi connectivity index (χ3v) is 2.56. The zero-order valence-electron chi connectivity index (χ0n) is 9.54. The maximum atomic E-state index is 10.6. The number of aliphatic carboxylic acids is 2. The van der Waals surface area contributed by atoms with Crippen LogP contribution in [0.1, 0.15) is 29.2 Å². The normalized spacial score (nSPS) is 12.1. The first-order chi connectivity index (χ1) is 8.45. The number of rotatable bonds is 6. The molecule has 1 atom stereocenters. The Morgan fingerprint density at radius 2 is 1.83 bits per heavy atom. The molecular weight excluding hydrogens is 240 g/mol. The molecule has 0 fully saturated rings. The summed E-state index contributed by atoms with van der Waals surface area (Å²) in [7, 11) is 0. The highest BCUT2D eigenvalue weighted by Crippen LogP contribution is 2.19. The third-order valence-electron chi connectivity index (χ3n) is 2.56. The van der Waals surface area contributed by atoms with E-state index in [0.717, 1.165) is 0 Å². The minimum atomic E-state index is -1.65. The van der Waals surface area contributed by atoms with Crippen molar-refractivity contribution in [2.75, 3.05) is 0 Å². The third kappa shape index (κ3) is 3.54. The molecule has 4 N–H and O–H groups in total. The summed E-state index contributed by atoms with van der Waals surface area (Å²) in [6, 6.07) is 4.29. The summed E-state index contributed by atoms with van der Waals surface area (Å²) >= 11 is 0. The lowest BCUT2D eigenvalue weighted by atomic mass is 9.98. The number of aryl methyl sites for hydroxylation is 1. The number of carbonyl (C=O) groups is 2. The summed E-state index contributed by atoms with van der Waals surface area (Å²) in [6.45, 7) is -0.265. The van der Waals surface area contributed by atoms with E-state index in [0.29, 0.717) is 11.1 Å². The van der Waals surface area contributed by atoms with Gasteiger partial charge in [0, 0.05) is 6.42 Å². The first kappa shape index (κ1) is 14.1. The van der Waals surface area contributed by atoms with E-state index in [9.17, 15) is 14.7 Å². The smallest absolute Gasteiger partial charge is 0.337 e. The van der Waals surface area contributed by atoms with Crippen LogP contribution in [0.5, 0.6) is 0 Å². The predicted octanol–water partition coefficient (Wildman–Crippen LogP) is 0.314. The molecule has 1 aromatic carbocycles. The molecule has 0 heterocycles. The Kier molecular flexibility index (Phi) is 4.82. The highest BCUT2D eigenvalue weighted by molar-refractivity contribution is 5.74. The highest BCUT2D eigenvalue weighted by atomic mass is 16.4. The largest absolute Gasteiger partial charge is 0.481 e. The predicted molar refractivity (Wildman–Crippen MR) is 60.9 cm³/mol. The second-order valence-corrected chi connectivity index (χ2v) is 3.82. The van der Waals surface area contributed by atoms with E-state index in [-0.39, 0.29) is 25.0 Å². The first-order valence-electron chi connectivity index (χ1n) is 5.31. The van der Waals surface area contributed by atoms with Gasteiger partial charge in [0.1, 0.15) is 0 Å². The van der Waals surface area contributed by atoms with E-state index in [1.54, 1.807) is 0 Å². The number of benzene rings is 1. The molecule has 1 aromatic rings. The fraction of sp³-hybridized carbons (Fsp3) is 0.333. The van der Waals surface area contributed by atoms with E-state index >= 15 is 0 Å². The van der Waals surface area contributed by atoms with E-state index in [4.69, 9.17) is 15.3 Å². The topological polar surface area (TPSA) is 115 Å². The molecule has 0 saturated carbocycles. The van der Waals surface area contributed by atoms with Gasteiger partial charge in [-0.15, -0.1) is 0 Å². The first-order valence-corrected chi connectivity index (χ1v) is 5.31. The van der Waals surface area contributed by atoms with Crippen LogP contribution in [-0.2, 0) is 22.6 Å². The number of carboxylic acid groups (broad SMARTS) is 2. The number of carboxylic acids is 2. The Labute approximate surface area is 103 Å². The summed E-state index contributed by atoms with van der Waals surface area (Å²) in [5.41, 5.74) is 1.22. The van der Waals surface area contributed by atoms with Gasteiger partial charge < -0.3 is 20.4 Å². The maximum Gasteiger partial charge on any atom is 0.337 e. The van der Waals surface area contributed by atoms with Gasteiger partial charge in [-0.05, 0) is 23.1 Å².